The molecule has 0 aliphatic rings. The van der Waals surface area contributed by atoms with E-state index in [1.165, 1.54) is 6.92 Å². The van der Waals surface area contributed by atoms with Crippen LogP contribution in [-0.4, -0.2) is 21.9 Å². The number of H-pyrrole nitrogens is 1. The van der Waals surface area contributed by atoms with E-state index in [-0.39, 0.29) is 11.9 Å². The van der Waals surface area contributed by atoms with Crippen molar-refractivity contribution in [2.75, 3.05) is 0 Å². The number of aromatic nitrogens is 2. The topological polar surface area (TPSA) is 57.8 Å². The lowest BCUT2D eigenvalue weighted by Gasteiger charge is -2.10. The smallest absolute Gasteiger partial charge is 0.217 e. The third-order valence-corrected chi connectivity index (χ3v) is 1.53. The second-order valence-corrected chi connectivity index (χ2v) is 2.88. The zero-order valence-corrected chi connectivity index (χ0v) is 7.29. The van der Waals surface area contributed by atoms with Crippen LogP contribution in [0.5, 0.6) is 0 Å². The molecule has 0 saturated carbocycles. The summed E-state index contributed by atoms with van der Waals surface area (Å²) in [5.74, 6) is 0.00187. The van der Waals surface area contributed by atoms with Gasteiger partial charge in [0.25, 0.3) is 0 Å². The van der Waals surface area contributed by atoms with Crippen molar-refractivity contribution in [2.24, 2.45) is 0 Å². The fourth-order valence-corrected chi connectivity index (χ4v) is 1.12. The normalized spacial score (nSPS) is 12.5. The number of amides is 1. The summed E-state index contributed by atoms with van der Waals surface area (Å²) in [5.41, 5.74) is 1.04. The second kappa shape index (κ2) is 3.90. The predicted octanol–water partition coefficient (Wildman–Crippen LogP) is 0.477. The Labute approximate surface area is 71.4 Å². The summed E-state index contributed by atoms with van der Waals surface area (Å²) >= 11 is 0. The van der Waals surface area contributed by atoms with Gasteiger partial charge in [-0.1, -0.05) is 0 Å². The summed E-state index contributed by atoms with van der Waals surface area (Å²) in [4.78, 5) is 17.5. The summed E-state index contributed by atoms with van der Waals surface area (Å²) < 4.78 is 0. The number of rotatable bonds is 3. The minimum absolute atomic E-state index is 0.00187. The van der Waals surface area contributed by atoms with Crippen LogP contribution in [0.1, 0.15) is 19.5 Å². The number of hydrogen-bond donors (Lipinski definition) is 2. The Morgan fingerprint density at radius 2 is 2.58 bits per heavy atom. The monoisotopic (exact) mass is 167 g/mol. The molecule has 0 aromatic carbocycles. The predicted molar refractivity (Wildman–Crippen MR) is 45.6 cm³/mol. The highest BCUT2D eigenvalue weighted by Crippen LogP contribution is 1.96. The molecule has 1 atom stereocenters. The number of aromatic amines is 1. The summed E-state index contributed by atoms with van der Waals surface area (Å²) in [5, 5.41) is 2.79. The fourth-order valence-electron chi connectivity index (χ4n) is 1.12. The maximum Gasteiger partial charge on any atom is 0.217 e. The number of imidazole rings is 1. The van der Waals surface area contributed by atoms with E-state index in [1.54, 1.807) is 12.5 Å². The van der Waals surface area contributed by atoms with Crippen molar-refractivity contribution in [1.29, 1.82) is 0 Å². The molecule has 1 amide bonds. The molecule has 0 aliphatic carbocycles. The Kier molecular flexibility index (Phi) is 2.85. The van der Waals surface area contributed by atoms with Gasteiger partial charge in [0.2, 0.25) is 5.91 Å². The van der Waals surface area contributed by atoms with E-state index in [4.69, 9.17) is 0 Å². The number of nitrogens with one attached hydrogen (secondary N) is 2. The molecule has 1 rings (SSSR count). The molecule has 12 heavy (non-hydrogen) atoms. The van der Waals surface area contributed by atoms with Gasteiger partial charge in [-0.2, -0.15) is 0 Å². The minimum atomic E-state index is 0.00187. The van der Waals surface area contributed by atoms with Crippen molar-refractivity contribution in [2.45, 2.75) is 26.3 Å². The van der Waals surface area contributed by atoms with Gasteiger partial charge in [0.1, 0.15) is 0 Å². The van der Waals surface area contributed by atoms with Crippen LogP contribution in [0.4, 0.5) is 0 Å². The van der Waals surface area contributed by atoms with E-state index in [9.17, 15) is 4.79 Å². The van der Waals surface area contributed by atoms with Crippen molar-refractivity contribution in [3.05, 3.63) is 18.2 Å². The Balaban J connectivity index is 2.36. The van der Waals surface area contributed by atoms with Crippen molar-refractivity contribution in [3.8, 4) is 0 Å². The highest BCUT2D eigenvalue weighted by atomic mass is 16.1. The number of carbonyl (C=O) groups is 1. The largest absolute Gasteiger partial charge is 0.354 e. The molecular formula is C8H13N3O. The van der Waals surface area contributed by atoms with Gasteiger partial charge in [0.15, 0.2) is 0 Å². The highest BCUT2D eigenvalue weighted by molar-refractivity contribution is 5.73. The molecule has 0 aliphatic heterocycles. The number of nitrogens with zero attached hydrogens (tertiary/aromatic N) is 1. The van der Waals surface area contributed by atoms with Crippen LogP contribution in [0.15, 0.2) is 12.5 Å². The third-order valence-electron chi connectivity index (χ3n) is 1.53. The molecular weight excluding hydrogens is 154 g/mol. The van der Waals surface area contributed by atoms with Crippen LogP contribution < -0.4 is 5.32 Å². The summed E-state index contributed by atoms with van der Waals surface area (Å²) in [7, 11) is 0. The highest BCUT2D eigenvalue weighted by Gasteiger charge is 2.04. The van der Waals surface area contributed by atoms with E-state index in [2.05, 4.69) is 15.3 Å². The molecule has 2 N–H and O–H groups in total. The van der Waals surface area contributed by atoms with Crippen LogP contribution in [-0.2, 0) is 11.2 Å². The van der Waals surface area contributed by atoms with Crippen molar-refractivity contribution < 1.29 is 4.79 Å². The lowest BCUT2D eigenvalue weighted by Crippen LogP contribution is -2.32. The van der Waals surface area contributed by atoms with E-state index < -0.39 is 0 Å². The van der Waals surface area contributed by atoms with Crippen molar-refractivity contribution >= 4 is 5.91 Å². The molecule has 1 aromatic heterocycles. The van der Waals surface area contributed by atoms with E-state index in [1.807, 2.05) is 6.92 Å². The molecule has 4 heteroatoms. The molecule has 1 aromatic rings. The second-order valence-electron chi connectivity index (χ2n) is 2.88. The van der Waals surface area contributed by atoms with Crippen LogP contribution in [0.3, 0.4) is 0 Å². The molecule has 0 fully saturated rings. The molecule has 4 nitrogen and oxygen atoms in total. The van der Waals surface area contributed by atoms with Crippen molar-refractivity contribution in [3.63, 3.8) is 0 Å². The number of hydrogen-bond acceptors (Lipinski definition) is 2. The van der Waals surface area contributed by atoms with Crippen molar-refractivity contribution in [1.82, 2.24) is 15.3 Å². The van der Waals surface area contributed by atoms with Crippen LogP contribution in [0.2, 0.25) is 0 Å². The maximum atomic E-state index is 10.6. The summed E-state index contributed by atoms with van der Waals surface area (Å²) in [6.07, 6.45) is 4.19. The third kappa shape index (κ3) is 2.74. The first-order valence-electron chi connectivity index (χ1n) is 3.93. The Morgan fingerprint density at radius 3 is 3.08 bits per heavy atom. The lowest BCUT2D eigenvalue weighted by atomic mass is 10.2. The minimum Gasteiger partial charge on any atom is -0.354 e. The van der Waals surface area contributed by atoms with Gasteiger partial charge >= 0.3 is 0 Å². The van der Waals surface area contributed by atoms with E-state index >= 15 is 0 Å². The van der Waals surface area contributed by atoms with E-state index in [0.717, 1.165) is 12.1 Å². The van der Waals surface area contributed by atoms with Gasteiger partial charge in [-0.3, -0.25) is 4.79 Å². The SMILES string of the molecule is CC(=O)N[C@H](C)Cc1cnc[nH]1. The molecule has 1 heterocycles. The number of carbonyl (C=O) groups excluding carboxylic acids is 1. The summed E-state index contributed by atoms with van der Waals surface area (Å²) in [6, 6.07) is 0.156. The zero-order chi connectivity index (χ0) is 8.97. The maximum absolute atomic E-state index is 10.6. The molecule has 0 saturated heterocycles. The average Bonchev–Trinajstić information content (AvgIpc) is 2.37. The first-order chi connectivity index (χ1) is 5.68. The standard InChI is InChI=1S/C8H13N3O/c1-6(11-7(2)12)3-8-4-9-5-10-8/h4-6H,3H2,1-2H3,(H,9,10)(H,11,12)/t6-/m1/s1. The fraction of sp³-hybridized carbons (Fsp3) is 0.500. The van der Waals surface area contributed by atoms with E-state index in [0.29, 0.717) is 0 Å². The Hall–Kier alpha value is -1.32. The molecule has 0 radical (unpaired) electrons. The van der Waals surface area contributed by atoms with Gasteiger partial charge in [-0.15, -0.1) is 0 Å². The first-order valence-corrected chi connectivity index (χ1v) is 3.93. The van der Waals surface area contributed by atoms with Gasteiger partial charge in [0, 0.05) is 31.3 Å². The van der Waals surface area contributed by atoms with Gasteiger partial charge in [0.05, 0.1) is 6.33 Å². The van der Waals surface area contributed by atoms with Crippen LogP contribution in [0, 0.1) is 0 Å². The summed E-state index contributed by atoms with van der Waals surface area (Å²) in [6.45, 7) is 3.48. The molecule has 0 bridgehead atoms. The zero-order valence-electron chi connectivity index (χ0n) is 7.29. The quantitative estimate of drug-likeness (QED) is 0.687. The Morgan fingerprint density at radius 1 is 1.83 bits per heavy atom. The molecule has 0 unspecified atom stereocenters. The lowest BCUT2D eigenvalue weighted by molar-refractivity contribution is -0.119. The van der Waals surface area contributed by atoms with Gasteiger partial charge in [-0.25, -0.2) is 4.98 Å². The first kappa shape index (κ1) is 8.77. The van der Waals surface area contributed by atoms with Crippen LogP contribution in [0.25, 0.3) is 0 Å². The van der Waals surface area contributed by atoms with Gasteiger partial charge in [-0.05, 0) is 6.92 Å². The Bertz CT molecular complexity index is 243. The van der Waals surface area contributed by atoms with Gasteiger partial charge < -0.3 is 10.3 Å². The average molecular weight is 167 g/mol. The van der Waals surface area contributed by atoms with Crippen LogP contribution >= 0.6 is 0 Å². The molecule has 66 valence electrons. The molecule has 0 spiro atoms.